The number of amides is 2. The summed E-state index contributed by atoms with van der Waals surface area (Å²) in [6, 6.07) is 19.0. The van der Waals surface area contributed by atoms with Gasteiger partial charge in [-0.15, -0.1) is 11.3 Å². The van der Waals surface area contributed by atoms with Crippen LogP contribution in [0.5, 0.6) is 0 Å². The SMILES string of the molecule is O=C(NC1CCCc2ccccc21)c1ccc(NC(=O)c2cccs2)cc1. The number of fused-ring (bicyclic) bond motifs is 1. The molecule has 1 unspecified atom stereocenters. The molecule has 2 N–H and O–H groups in total. The third-order valence-electron chi connectivity index (χ3n) is 4.82. The number of hydrogen-bond donors (Lipinski definition) is 2. The summed E-state index contributed by atoms with van der Waals surface area (Å²) in [5.74, 6) is -0.228. The summed E-state index contributed by atoms with van der Waals surface area (Å²) in [4.78, 5) is 25.4. The lowest BCUT2D eigenvalue weighted by atomic mass is 9.87. The van der Waals surface area contributed by atoms with Crippen molar-refractivity contribution in [2.45, 2.75) is 25.3 Å². The van der Waals surface area contributed by atoms with Crippen LogP contribution in [0, 0.1) is 0 Å². The molecule has 0 saturated heterocycles. The van der Waals surface area contributed by atoms with E-state index in [9.17, 15) is 9.59 Å². The maximum Gasteiger partial charge on any atom is 0.265 e. The standard InChI is InChI=1S/C22H20N2O2S/c25-21(24-19-8-3-6-15-5-1-2-7-18(15)19)16-10-12-17(13-11-16)23-22(26)20-9-4-14-27-20/h1-2,4-5,7,9-14,19H,3,6,8H2,(H,23,26)(H,24,25). The number of anilines is 1. The Morgan fingerprint density at radius 3 is 2.52 bits per heavy atom. The van der Waals surface area contributed by atoms with Crippen LogP contribution in [0.15, 0.2) is 66.0 Å². The van der Waals surface area contributed by atoms with E-state index < -0.39 is 0 Å². The molecule has 5 heteroatoms. The third kappa shape index (κ3) is 3.93. The van der Waals surface area contributed by atoms with E-state index in [4.69, 9.17) is 0 Å². The molecule has 27 heavy (non-hydrogen) atoms. The number of carbonyl (C=O) groups excluding carboxylic acids is 2. The number of rotatable bonds is 4. The van der Waals surface area contributed by atoms with Gasteiger partial charge in [-0.3, -0.25) is 9.59 Å². The molecule has 0 spiro atoms. The Kier molecular flexibility index (Phi) is 5.03. The molecule has 1 aliphatic carbocycles. The average molecular weight is 376 g/mol. The Bertz CT molecular complexity index is 949. The van der Waals surface area contributed by atoms with Gasteiger partial charge >= 0.3 is 0 Å². The van der Waals surface area contributed by atoms with Crippen molar-refractivity contribution >= 4 is 28.8 Å². The molecular weight excluding hydrogens is 356 g/mol. The molecule has 1 aromatic heterocycles. The van der Waals surface area contributed by atoms with Crippen LogP contribution in [-0.4, -0.2) is 11.8 Å². The van der Waals surface area contributed by atoms with E-state index in [-0.39, 0.29) is 17.9 Å². The van der Waals surface area contributed by atoms with Gasteiger partial charge in [-0.25, -0.2) is 0 Å². The molecule has 0 radical (unpaired) electrons. The highest BCUT2D eigenvalue weighted by Crippen LogP contribution is 2.29. The van der Waals surface area contributed by atoms with Crippen molar-refractivity contribution in [3.63, 3.8) is 0 Å². The van der Waals surface area contributed by atoms with E-state index in [1.807, 2.05) is 23.6 Å². The topological polar surface area (TPSA) is 58.2 Å². The summed E-state index contributed by atoms with van der Waals surface area (Å²) in [6.45, 7) is 0. The number of benzene rings is 2. The van der Waals surface area contributed by atoms with Crippen LogP contribution in [0.1, 0.15) is 50.0 Å². The van der Waals surface area contributed by atoms with E-state index in [1.54, 1.807) is 30.3 Å². The number of nitrogens with one attached hydrogen (secondary N) is 2. The van der Waals surface area contributed by atoms with Crippen LogP contribution in [0.25, 0.3) is 0 Å². The van der Waals surface area contributed by atoms with Crippen molar-refractivity contribution in [2.75, 3.05) is 5.32 Å². The van der Waals surface area contributed by atoms with Crippen LogP contribution in [0.2, 0.25) is 0 Å². The Hall–Kier alpha value is -2.92. The molecule has 0 bridgehead atoms. The maximum absolute atomic E-state index is 12.6. The second-order valence-corrected chi connectivity index (χ2v) is 7.57. The summed E-state index contributed by atoms with van der Waals surface area (Å²) in [7, 11) is 0. The number of hydrogen-bond acceptors (Lipinski definition) is 3. The Morgan fingerprint density at radius 1 is 0.926 bits per heavy atom. The minimum Gasteiger partial charge on any atom is -0.345 e. The highest BCUT2D eigenvalue weighted by atomic mass is 32.1. The van der Waals surface area contributed by atoms with Crippen molar-refractivity contribution in [1.29, 1.82) is 0 Å². The first-order valence-electron chi connectivity index (χ1n) is 9.04. The lowest BCUT2D eigenvalue weighted by molar-refractivity contribution is 0.0932. The van der Waals surface area contributed by atoms with Gasteiger partial charge in [0, 0.05) is 11.3 Å². The summed E-state index contributed by atoms with van der Waals surface area (Å²) in [5.41, 5.74) is 3.80. The molecular formula is C22H20N2O2S. The number of carbonyl (C=O) groups is 2. The fourth-order valence-corrected chi connectivity index (χ4v) is 4.07. The second-order valence-electron chi connectivity index (χ2n) is 6.63. The van der Waals surface area contributed by atoms with Crippen LogP contribution in [0.3, 0.4) is 0 Å². The minimum absolute atomic E-state index is 0.0562. The third-order valence-corrected chi connectivity index (χ3v) is 5.69. The zero-order valence-electron chi connectivity index (χ0n) is 14.8. The normalized spacial score (nSPS) is 15.6. The zero-order valence-corrected chi connectivity index (χ0v) is 15.6. The van der Waals surface area contributed by atoms with Crippen molar-refractivity contribution < 1.29 is 9.59 Å². The van der Waals surface area contributed by atoms with Crippen molar-refractivity contribution in [3.8, 4) is 0 Å². The van der Waals surface area contributed by atoms with Gasteiger partial charge in [0.1, 0.15) is 0 Å². The molecule has 136 valence electrons. The highest BCUT2D eigenvalue weighted by molar-refractivity contribution is 7.12. The van der Waals surface area contributed by atoms with E-state index in [1.165, 1.54) is 22.5 Å². The van der Waals surface area contributed by atoms with Gasteiger partial charge in [0.15, 0.2) is 0 Å². The van der Waals surface area contributed by atoms with Crippen LogP contribution >= 0.6 is 11.3 Å². The fraction of sp³-hybridized carbons (Fsp3) is 0.182. The van der Waals surface area contributed by atoms with E-state index >= 15 is 0 Å². The fourth-order valence-electron chi connectivity index (χ4n) is 3.45. The molecule has 3 aromatic rings. The lowest BCUT2D eigenvalue weighted by Gasteiger charge is -2.26. The van der Waals surface area contributed by atoms with Crippen LogP contribution in [-0.2, 0) is 6.42 Å². The van der Waals surface area contributed by atoms with E-state index in [0.717, 1.165) is 19.3 Å². The first-order valence-corrected chi connectivity index (χ1v) is 9.92. The van der Waals surface area contributed by atoms with Gasteiger partial charge in [-0.05, 0) is 66.1 Å². The second kappa shape index (κ2) is 7.76. The lowest BCUT2D eigenvalue weighted by Crippen LogP contribution is -2.30. The zero-order chi connectivity index (χ0) is 18.6. The molecule has 0 saturated carbocycles. The molecule has 0 fully saturated rings. The molecule has 1 aliphatic rings. The Morgan fingerprint density at radius 2 is 1.74 bits per heavy atom. The molecule has 4 nitrogen and oxygen atoms in total. The van der Waals surface area contributed by atoms with Crippen molar-refractivity contribution in [3.05, 3.63) is 87.6 Å². The quantitative estimate of drug-likeness (QED) is 0.687. The monoisotopic (exact) mass is 376 g/mol. The van der Waals surface area contributed by atoms with Gasteiger partial charge in [0.2, 0.25) is 0 Å². The van der Waals surface area contributed by atoms with Gasteiger partial charge in [-0.2, -0.15) is 0 Å². The molecule has 1 heterocycles. The minimum atomic E-state index is -0.138. The smallest absolute Gasteiger partial charge is 0.265 e. The summed E-state index contributed by atoms with van der Waals surface area (Å²) < 4.78 is 0. The molecule has 2 aromatic carbocycles. The van der Waals surface area contributed by atoms with Crippen LogP contribution in [0.4, 0.5) is 5.69 Å². The van der Waals surface area contributed by atoms with Crippen molar-refractivity contribution in [1.82, 2.24) is 5.32 Å². The molecule has 0 aliphatic heterocycles. The summed E-state index contributed by atoms with van der Waals surface area (Å²) >= 11 is 1.40. The first-order chi connectivity index (χ1) is 13.2. The predicted octanol–water partition coefficient (Wildman–Crippen LogP) is 4.81. The molecule has 2 amide bonds. The van der Waals surface area contributed by atoms with Gasteiger partial charge in [-0.1, -0.05) is 30.3 Å². The molecule has 1 atom stereocenters. The largest absolute Gasteiger partial charge is 0.345 e. The van der Waals surface area contributed by atoms with Crippen molar-refractivity contribution in [2.24, 2.45) is 0 Å². The maximum atomic E-state index is 12.6. The summed E-state index contributed by atoms with van der Waals surface area (Å²) in [5, 5.41) is 7.86. The average Bonchev–Trinajstić information content (AvgIpc) is 3.24. The Balaban J connectivity index is 1.42. The predicted molar refractivity (Wildman–Crippen MR) is 108 cm³/mol. The van der Waals surface area contributed by atoms with E-state index in [0.29, 0.717) is 16.1 Å². The first kappa shape index (κ1) is 17.5. The number of aryl methyl sites for hydroxylation is 1. The Labute approximate surface area is 162 Å². The number of thiophene rings is 1. The highest BCUT2D eigenvalue weighted by Gasteiger charge is 2.21. The van der Waals surface area contributed by atoms with Crippen LogP contribution < -0.4 is 10.6 Å². The van der Waals surface area contributed by atoms with Gasteiger partial charge < -0.3 is 10.6 Å². The molecule has 4 rings (SSSR count). The van der Waals surface area contributed by atoms with Gasteiger partial charge in [0.05, 0.1) is 10.9 Å². The van der Waals surface area contributed by atoms with E-state index in [2.05, 4.69) is 22.8 Å². The van der Waals surface area contributed by atoms with Gasteiger partial charge in [0.25, 0.3) is 11.8 Å². The summed E-state index contributed by atoms with van der Waals surface area (Å²) in [6.07, 6.45) is 3.11.